The summed E-state index contributed by atoms with van der Waals surface area (Å²) in [6.07, 6.45) is 0. The first kappa shape index (κ1) is 23.1. The van der Waals surface area contributed by atoms with Gasteiger partial charge in [0.05, 0.1) is 32.6 Å². The third kappa shape index (κ3) is 4.84. The average Bonchev–Trinajstić information content (AvgIpc) is 3.19. The van der Waals surface area contributed by atoms with Crippen molar-refractivity contribution in [3.05, 3.63) is 93.7 Å². The molecule has 0 aliphatic heterocycles. The second-order valence-electron chi connectivity index (χ2n) is 9.13. The van der Waals surface area contributed by atoms with Gasteiger partial charge in [-0.05, 0) is 48.9 Å². The van der Waals surface area contributed by atoms with E-state index >= 15 is 0 Å². The molecule has 0 radical (unpaired) electrons. The highest BCUT2D eigenvalue weighted by Crippen LogP contribution is 2.35. The molecule has 0 unspecified atom stereocenters. The normalized spacial score (nSPS) is 12.8. The fourth-order valence-electron chi connectivity index (χ4n) is 4.25. The van der Waals surface area contributed by atoms with E-state index in [-0.39, 0.29) is 0 Å². The molecular formula is C30H32N2S. The number of nitrogens with zero attached hydrogens (tertiary/aromatic N) is 2. The van der Waals surface area contributed by atoms with E-state index in [0.717, 1.165) is 22.8 Å². The number of hydrogen-bond acceptors (Lipinski definition) is 3. The van der Waals surface area contributed by atoms with Crippen molar-refractivity contribution in [2.75, 3.05) is 0 Å². The number of benzene rings is 3. The van der Waals surface area contributed by atoms with Crippen molar-refractivity contribution in [3.63, 3.8) is 0 Å². The fourth-order valence-corrected chi connectivity index (χ4v) is 5.41. The monoisotopic (exact) mass is 452 g/mol. The van der Waals surface area contributed by atoms with Crippen LogP contribution in [0.5, 0.6) is 0 Å². The van der Waals surface area contributed by atoms with Crippen LogP contribution in [0, 0.1) is 0 Å². The number of hydrogen-bond donors (Lipinski definition) is 0. The van der Waals surface area contributed by atoms with E-state index in [2.05, 4.69) is 114 Å². The molecule has 0 saturated carbocycles. The lowest BCUT2D eigenvalue weighted by Crippen LogP contribution is -1.94. The Morgan fingerprint density at radius 2 is 0.939 bits per heavy atom. The van der Waals surface area contributed by atoms with Gasteiger partial charge in [-0.15, -0.1) is 11.3 Å². The van der Waals surface area contributed by atoms with Crippen LogP contribution in [0.15, 0.2) is 82.8 Å². The summed E-state index contributed by atoms with van der Waals surface area (Å²) in [6, 6.07) is 25.5. The summed E-state index contributed by atoms with van der Waals surface area (Å²) in [7, 11) is 0. The van der Waals surface area contributed by atoms with Crippen LogP contribution in [0.2, 0.25) is 0 Å². The van der Waals surface area contributed by atoms with Gasteiger partial charge in [-0.2, -0.15) is 0 Å². The maximum absolute atomic E-state index is 5.08. The number of para-hydroxylation sites is 2. The van der Waals surface area contributed by atoms with Crippen LogP contribution in [0.3, 0.4) is 0 Å². The largest absolute Gasteiger partial charge is 0.252 e. The highest BCUT2D eigenvalue weighted by atomic mass is 32.1. The molecule has 0 amide bonds. The van der Waals surface area contributed by atoms with Gasteiger partial charge in [0.1, 0.15) is 0 Å². The lowest BCUT2D eigenvalue weighted by molar-refractivity contribution is 0.867. The predicted octanol–water partition coefficient (Wildman–Crippen LogP) is 9.43. The van der Waals surface area contributed by atoms with E-state index in [1.807, 2.05) is 0 Å². The Labute approximate surface area is 201 Å². The first-order valence-corrected chi connectivity index (χ1v) is 12.5. The van der Waals surface area contributed by atoms with Gasteiger partial charge >= 0.3 is 0 Å². The molecule has 0 atom stereocenters. The summed E-state index contributed by atoms with van der Waals surface area (Å²) in [5, 5.41) is 2.49. The van der Waals surface area contributed by atoms with Crippen LogP contribution < -0.4 is 0 Å². The van der Waals surface area contributed by atoms with Crippen molar-refractivity contribution in [1.82, 2.24) is 0 Å². The molecule has 0 spiro atoms. The van der Waals surface area contributed by atoms with Crippen LogP contribution in [-0.2, 0) is 0 Å². The second kappa shape index (κ2) is 9.84. The van der Waals surface area contributed by atoms with Gasteiger partial charge in [0.25, 0.3) is 0 Å². The van der Waals surface area contributed by atoms with Crippen LogP contribution >= 0.6 is 11.3 Å². The molecule has 1 heterocycles. The molecule has 0 bridgehead atoms. The number of fused-ring (bicyclic) bond motifs is 1. The van der Waals surface area contributed by atoms with Gasteiger partial charge in [0, 0.05) is 10.8 Å². The second-order valence-corrected chi connectivity index (χ2v) is 10.1. The number of thiophene rings is 1. The van der Waals surface area contributed by atoms with E-state index in [1.54, 1.807) is 11.3 Å². The van der Waals surface area contributed by atoms with Gasteiger partial charge < -0.3 is 0 Å². The molecule has 168 valence electrons. The van der Waals surface area contributed by atoms with Crippen molar-refractivity contribution in [3.8, 4) is 0 Å². The van der Waals surface area contributed by atoms with Crippen molar-refractivity contribution >= 4 is 44.9 Å². The summed E-state index contributed by atoms with van der Waals surface area (Å²) >= 11 is 1.79. The minimum absolute atomic E-state index is 0.434. The smallest absolute Gasteiger partial charge is 0.0668 e. The lowest BCUT2D eigenvalue weighted by Gasteiger charge is -2.10. The highest BCUT2D eigenvalue weighted by molar-refractivity contribution is 7.18. The van der Waals surface area contributed by atoms with Crippen molar-refractivity contribution < 1.29 is 0 Å². The van der Waals surface area contributed by atoms with Crippen LogP contribution in [0.1, 0.15) is 74.3 Å². The van der Waals surface area contributed by atoms with Crippen LogP contribution in [0.4, 0.5) is 11.4 Å². The van der Waals surface area contributed by atoms with E-state index in [1.165, 1.54) is 31.7 Å². The fraction of sp³-hybridized carbons (Fsp3) is 0.267. The molecule has 4 aromatic rings. The summed E-state index contributed by atoms with van der Waals surface area (Å²) < 4.78 is 0. The minimum Gasteiger partial charge on any atom is -0.252 e. The summed E-state index contributed by atoms with van der Waals surface area (Å²) in [6.45, 7) is 13.1. The molecule has 0 saturated heterocycles. The van der Waals surface area contributed by atoms with E-state index in [4.69, 9.17) is 9.98 Å². The summed E-state index contributed by atoms with van der Waals surface area (Å²) in [5.74, 6) is 0.868. The Bertz CT molecular complexity index is 1240. The molecule has 3 aromatic carbocycles. The van der Waals surface area contributed by atoms with Gasteiger partial charge in [-0.1, -0.05) is 88.4 Å². The molecule has 2 nitrogen and oxygen atoms in total. The molecule has 0 aliphatic rings. The quantitative estimate of drug-likeness (QED) is 0.260. The number of aliphatic imine (C=N–C) groups is 2. The van der Waals surface area contributed by atoms with Gasteiger partial charge in [0.15, 0.2) is 0 Å². The lowest BCUT2D eigenvalue weighted by atomic mass is 10.0. The molecule has 4 rings (SSSR count). The Kier molecular flexibility index (Phi) is 6.90. The molecule has 3 heteroatoms. The zero-order chi connectivity index (χ0) is 23.5. The maximum atomic E-state index is 5.08. The molecular weight excluding hydrogens is 420 g/mol. The van der Waals surface area contributed by atoms with E-state index in [9.17, 15) is 0 Å². The number of rotatable bonds is 6. The van der Waals surface area contributed by atoms with Crippen molar-refractivity contribution in [1.29, 1.82) is 0 Å². The highest BCUT2D eigenvalue weighted by Gasteiger charge is 2.16. The Balaban J connectivity index is 1.83. The zero-order valence-corrected chi connectivity index (χ0v) is 21.2. The summed E-state index contributed by atoms with van der Waals surface area (Å²) in [5.41, 5.74) is 6.76. The Morgan fingerprint density at radius 3 is 1.33 bits per heavy atom. The topological polar surface area (TPSA) is 24.7 Å². The predicted molar refractivity (Wildman–Crippen MR) is 147 cm³/mol. The van der Waals surface area contributed by atoms with E-state index < -0.39 is 0 Å². The Morgan fingerprint density at radius 1 is 0.576 bits per heavy atom. The van der Waals surface area contributed by atoms with E-state index in [0.29, 0.717) is 11.8 Å². The van der Waals surface area contributed by atoms with Gasteiger partial charge in [0.2, 0.25) is 0 Å². The molecule has 0 N–H and O–H groups in total. The molecule has 0 aliphatic carbocycles. The standard InChI is InChI=1S/C30H32N2S/c1-19(2)23-13-9-11-17-27(23)31-21(5)29-25-15-7-8-16-26(25)30(33-29)22(6)32-28-18-12-10-14-24(28)20(3)4/h7-20H,1-6H3. The molecule has 0 fully saturated rings. The van der Waals surface area contributed by atoms with Gasteiger partial charge in [-0.25, -0.2) is 0 Å². The first-order chi connectivity index (χ1) is 15.9. The van der Waals surface area contributed by atoms with Crippen LogP contribution in [-0.4, -0.2) is 11.4 Å². The van der Waals surface area contributed by atoms with Crippen LogP contribution in [0.25, 0.3) is 10.8 Å². The minimum atomic E-state index is 0.434. The van der Waals surface area contributed by atoms with Gasteiger partial charge in [-0.3, -0.25) is 9.98 Å². The molecule has 33 heavy (non-hydrogen) atoms. The zero-order valence-electron chi connectivity index (χ0n) is 20.4. The Hall–Kier alpha value is -3.04. The SMILES string of the molecule is CC(=Nc1ccccc1C(C)C)c1sc(C(C)=Nc2ccccc2C(C)C)c2ccccc12. The summed E-state index contributed by atoms with van der Waals surface area (Å²) in [4.78, 5) is 12.6. The maximum Gasteiger partial charge on any atom is 0.0668 e. The first-order valence-electron chi connectivity index (χ1n) is 11.7. The van der Waals surface area contributed by atoms with Crippen molar-refractivity contribution in [2.45, 2.75) is 53.4 Å². The molecule has 1 aromatic heterocycles. The third-order valence-corrected chi connectivity index (χ3v) is 7.41. The average molecular weight is 453 g/mol. The third-order valence-electron chi connectivity index (χ3n) is 5.97. The van der Waals surface area contributed by atoms with Crippen molar-refractivity contribution in [2.24, 2.45) is 9.98 Å².